The van der Waals surface area contributed by atoms with E-state index in [4.69, 9.17) is 16.6 Å². The molecule has 1 amide bonds. The Bertz CT molecular complexity index is 1330. The van der Waals surface area contributed by atoms with E-state index in [1.807, 2.05) is 72.8 Å². The smallest absolute Gasteiger partial charge is 0.271 e. The zero-order valence-electron chi connectivity index (χ0n) is 20.3. The molecule has 0 aromatic heterocycles. The molecular weight excluding hydrogens is 474 g/mol. The van der Waals surface area contributed by atoms with Gasteiger partial charge in [0.25, 0.3) is 5.91 Å². The van der Waals surface area contributed by atoms with Crippen LogP contribution in [0, 0.1) is 0 Å². The van der Waals surface area contributed by atoms with Gasteiger partial charge in [-0.1, -0.05) is 54.9 Å². The summed E-state index contributed by atoms with van der Waals surface area (Å²) in [6, 6.07) is 23.5. The Labute approximate surface area is 216 Å². The molecule has 2 aliphatic heterocycles. The number of hydrogen-bond donors (Lipinski definition) is 0. The molecule has 0 saturated carbocycles. The standard InChI is InChI=1S/C29H28ClN3OS/c1-19-18-29(2,3)32(4)25-17-24(30)20(15-23(19)25)16-26-27(34)33(22-13-9-6-10-14-22)28(35-26)31-21-11-7-5-8-12-21/h5-17,19H,18H2,1-4H3/b26-16-,31-28?. The van der Waals surface area contributed by atoms with Crippen molar-refractivity contribution in [2.24, 2.45) is 4.99 Å². The summed E-state index contributed by atoms with van der Waals surface area (Å²) in [5.41, 5.74) is 4.93. The first-order valence-electron chi connectivity index (χ1n) is 11.7. The van der Waals surface area contributed by atoms with E-state index >= 15 is 0 Å². The molecule has 1 fully saturated rings. The van der Waals surface area contributed by atoms with E-state index in [1.54, 1.807) is 4.90 Å². The van der Waals surface area contributed by atoms with E-state index in [9.17, 15) is 4.79 Å². The summed E-state index contributed by atoms with van der Waals surface area (Å²) in [6.07, 6.45) is 2.96. The van der Waals surface area contributed by atoms with Crippen molar-refractivity contribution in [2.45, 2.75) is 38.6 Å². The van der Waals surface area contributed by atoms with Crippen molar-refractivity contribution in [3.63, 3.8) is 0 Å². The highest BCUT2D eigenvalue weighted by Crippen LogP contribution is 2.45. The lowest BCUT2D eigenvalue weighted by atomic mass is 9.80. The second-order valence-electron chi connectivity index (χ2n) is 9.73. The van der Waals surface area contributed by atoms with Gasteiger partial charge in [-0.15, -0.1) is 0 Å². The van der Waals surface area contributed by atoms with Crippen LogP contribution in [0.3, 0.4) is 0 Å². The van der Waals surface area contributed by atoms with Crippen molar-refractivity contribution in [3.05, 3.63) is 93.9 Å². The summed E-state index contributed by atoms with van der Waals surface area (Å²) in [7, 11) is 2.12. The molecule has 6 heteroatoms. The van der Waals surface area contributed by atoms with Crippen molar-refractivity contribution >= 4 is 57.6 Å². The maximum absolute atomic E-state index is 13.6. The number of anilines is 2. The molecule has 5 rings (SSSR count). The molecule has 35 heavy (non-hydrogen) atoms. The molecule has 2 heterocycles. The van der Waals surface area contributed by atoms with Crippen molar-refractivity contribution in [2.75, 3.05) is 16.8 Å². The van der Waals surface area contributed by atoms with E-state index < -0.39 is 0 Å². The number of thioether (sulfide) groups is 1. The van der Waals surface area contributed by atoms with Crippen LogP contribution < -0.4 is 9.80 Å². The largest absolute Gasteiger partial charge is 0.369 e. The fourth-order valence-corrected chi connectivity index (χ4v) is 6.03. The Morgan fingerprint density at radius 2 is 1.71 bits per heavy atom. The summed E-state index contributed by atoms with van der Waals surface area (Å²) in [5, 5.41) is 1.27. The normalized spacial score (nSPS) is 21.6. The fraction of sp³-hybridized carbons (Fsp3) is 0.241. The number of carbonyl (C=O) groups excluding carboxylic acids is 1. The molecule has 0 aliphatic carbocycles. The second-order valence-corrected chi connectivity index (χ2v) is 11.1. The van der Waals surface area contributed by atoms with Crippen LogP contribution in [-0.2, 0) is 4.79 Å². The quantitative estimate of drug-likeness (QED) is 0.342. The molecule has 4 nitrogen and oxygen atoms in total. The number of halogens is 1. The zero-order valence-corrected chi connectivity index (χ0v) is 21.9. The molecule has 0 spiro atoms. The first-order chi connectivity index (χ1) is 16.7. The van der Waals surface area contributed by atoms with Gasteiger partial charge < -0.3 is 4.90 Å². The minimum Gasteiger partial charge on any atom is -0.369 e. The van der Waals surface area contributed by atoms with Gasteiger partial charge in [0.15, 0.2) is 5.17 Å². The van der Waals surface area contributed by atoms with Crippen LogP contribution in [0.4, 0.5) is 17.1 Å². The molecule has 1 unspecified atom stereocenters. The SMILES string of the molecule is CC1CC(C)(C)N(C)c2cc(Cl)c(/C=C3\SC(=Nc4ccccc4)N(c4ccccc4)C3=O)cc21. The van der Waals surface area contributed by atoms with Crippen molar-refractivity contribution in [3.8, 4) is 0 Å². The highest BCUT2D eigenvalue weighted by Gasteiger charge is 2.36. The number of carbonyl (C=O) groups is 1. The molecule has 1 atom stereocenters. The predicted molar refractivity (Wildman–Crippen MR) is 150 cm³/mol. The average Bonchev–Trinajstić information content (AvgIpc) is 3.14. The van der Waals surface area contributed by atoms with E-state index in [0.717, 1.165) is 29.0 Å². The number of aliphatic imine (C=N–C) groups is 1. The lowest BCUT2D eigenvalue weighted by molar-refractivity contribution is -0.113. The molecule has 1 saturated heterocycles. The van der Waals surface area contributed by atoms with Gasteiger partial charge in [0.05, 0.1) is 16.3 Å². The Kier molecular flexibility index (Phi) is 6.24. The molecule has 178 valence electrons. The first kappa shape index (κ1) is 23.7. The van der Waals surface area contributed by atoms with Crippen LogP contribution in [0.1, 0.15) is 44.2 Å². The highest BCUT2D eigenvalue weighted by molar-refractivity contribution is 8.19. The molecule has 0 N–H and O–H groups in total. The van der Waals surface area contributed by atoms with Crippen molar-refractivity contribution < 1.29 is 4.79 Å². The van der Waals surface area contributed by atoms with E-state index in [1.165, 1.54) is 17.3 Å². The molecule has 0 bridgehead atoms. The number of hydrogen-bond acceptors (Lipinski definition) is 4. The monoisotopic (exact) mass is 501 g/mol. The van der Waals surface area contributed by atoms with Crippen LogP contribution in [0.15, 0.2) is 82.7 Å². The lowest BCUT2D eigenvalue weighted by Gasteiger charge is -2.45. The summed E-state index contributed by atoms with van der Waals surface area (Å²) in [5.74, 6) is 0.296. The number of para-hydroxylation sites is 2. The van der Waals surface area contributed by atoms with Crippen LogP contribution in [0.2, 0.25) is 5.02 Å². The number of rotatable bonds is 3. The van der Waals surface area contributed by atoms with Crippen LogP contribution in [-0.4, -0.2) is 23.7 Å². The van der Waals surface area contributed by atoms with Gasteiger partial charge in [-0.2, -0.15) is 0 Å². The van der Waals surface area contributed by atoms with Crippen LogP contribution in [0.5, 0.6) is 0 Å². The van der Waals surface area contributed by atoms with Crippen LogP contribution in [0.25, 0.3) is 6.08 Å². The first-order valence-corrected chi connectivity index (χ1v) is 12.9. The molecular formula is C29H28ClN3OS. The van der Waals surface area contributed by atoms with Crippen LogP contribution >= 0.6 is 23.4 Å². The fourth-order valence-electron chi connectivity index (χ4n) is 4.82. The van der Waals surface area contributed by atoms with Gasteiger partial charge in [-0.25, -0.2) is 4.99 Å². The Balaban J connectivity index is 1.57. The number of fused-ring (bicyclic) bond motifs is 1. The number of benzene rings is 3. The molecule has 3 aromatic carbocycles. The number of nitrogens with zero attached hydrogens (tertiary/aromatic N) is 3. The second kappa shape index (κ2) is 9.21. The Morgan fingerprint density at radius 1 is 1.06 bits per heavy atom. The number of amides is 1. The van der Waals surface area contributed by atoms with E-state index in [-0.39, 0.29) is 11.4 Å². The van der Waals surface area contributed by atoms with Gasteiger partial charge in [0.1, 0.15) is 0 Å². The Hall–Kier alpha value is -3.02. The van der Waals surface area contributed by atoms with Gasteiger partial charge in [-0.05, 0) is 91.5 Å². The minimum atomic E-state index is -0.101. The number of amidine groups is 1. The predicted octanol–water partition coefficient (Wildman–Crippen LogP) is 7.87. The maximum Gasteiger partial charge on any atom is 0.271 e. The topological polar surface area (TPSA) is 35.9 Å². The van der Waals surface area contributed by atoms with Crippen molar-refractivity contribution in [1.29, 1.82) is 0 Å². The maximum atomic E-state index is 13.6. The Morgan fingerprint density at radius 3 is 2.40 bits per heavy atom. The van der Waals surface area contributed by atoms with Crippen molar-refractivity contribution in [1.82, 2.24) is 0 Å². The highest BCUT2D eigenvalue weighted by atomic mass is 35.5. The molecule has 2 aliphatic rings. The van der Waals surface area contributed by atoms with Gasteiger partial charge >= 0.3 is 0 Å². The molecule has 0 radical (unpaired) electrons. The zero-order chi connectivity index (χ0) is 24.7. The average molecular weight is 502 g/mol. The third kappa shape index (κ3) is 4.51. The summed E-state index contributed by atoms with van der Waals surface area (Å²) < 4.78 is 0. The summed E-state index contributed by atoms with van der Waals surface area (Å²) in [6.45, 7) is 6.78. The van der Waals surface area contributed by atoms with E-state index in [2.05, 4.69) is 38.8 Å². The third-order valence-electron chi connectivity index (χ3n) is 6.84. The summed E-state index contributed by atoms with van der Waals surface area (Å²) >= 11 is 8.15. The lowest BCUT2D eigenvalue weighted by Crippen LogP contribution is -2.45. The van der Waals surface area contributed by atoms with Gasteiger partial charge in [0.2, 0.25) is 0 Å². The van der Waals surface area contributed by atoms with Gasteiger partial charge in [-0.3, -0.25) is 9.69 Å². The summed E-state index contributed by atoms with van der Waals surface area (Å²) in [4.78, 5) is 23.0. The van der Waals surface area contributed by atoms with E-state index in [0.29, 0.717) is 21.0 Å². The molecule has 3 aromatic rings. The minimum absolute atomic E-state index is 0.0615. The van der Waals surface area contributed by atoms with Gasteiger partial charge in [0, 0.05) is 23.3 Å². The third-order valence-corrected chi connectivity index (χ3v) is 8.14.